The van der Waals surface area contributed by atoms with Gasteiger partial charge in [-0.25, -0.2) is 0 Å². The van der Waals surface area contributed by atoms with Gasteiger partial charge in [0.2, 0.25) is 5.91 Å². The third-order valence-electron chi connectivity index (χ3n) is 2.31. The Morgan fingerprint density at radius 1 is 1.06 bits per heavy atom. The largest absolute Gasteiger partial charge is 0.481 e. The summed E-state index contributed by atoms with van der Waals surface area (Å²) in [5.41, 5.74) is 0. The molecule has 0 bridgehead atoms. The minimum absolute atomic E-state index is 0.00949. The number of carbonyl (C=O) groups excluding carboxylic acids is 1. The molecule has 0 aliphatic heterocycles. The lowest BCUT2D eigenvalue weighted by Gasteiger charge is -2.04. The first-order valence-corrected chi connectivity index (χ1v) is 7.38. The Hall–Kier alpha value is -0.710. The second kappa shape index (κ2) is 11.8. The Morgan fingerprint density at radius 2 is 1.71 bits per heavy atom. The number of carbonyl (C=O) groups is 2. The maximum Gasteiger partial charge on any atom is 0.313 e. The van der Waals surface area contributed by atoms with Crippen LogP contribution in [-0.4, -0.2) is 35.0 Å². The van der Waals surface area contributed by atoms with Crippen LogP contribution in [0.3, 0.4) is 0 Å². The number of unbranched alkanes of at least 4 members (excludes halogenated alkanes) is 5. The summed E-state index contributed by atoms with van der Waals surface area (Å²) in [6.45, 7) is 2.90. The topological polar surface area (TPSA) is 66.4 Å². The molecule has 0 rings (SSSR count). The van der Waals surface area contributed by atoms with E-state index >= 15 is 0 Å². The summed E-state index contributed by atoms with van der Waals surface area (Å²) in [7, 11) is 0. The summed E-state index contributed by atoms with van der Waals surface area (Å²) < 4.78 is 0. The maximum absolute atomic E-state index is 11.2. The van der Waals surface area contributed by atoms with Crippen LogP contribution in [0.15, 0.2) is 0 Å². The number of carboxylic acids is 1. The van der Waals surface area contributed by atoms with Gasteiger partial charge in [0.15, 0.2) is 0 Å². The van der Waals surface area contributed by atoms with Crippen molar-refractivity contribution in [3.8, 4) is 0 Å². The van der Waals surface area contributed by atoms with E-state index in [4.69, 9.17) is 5.11 Å². The Balaban J connectivity index is 3.19. The molecule has 2 N–H and O–H groups in total. The molecular weight excluding hydrogens is 238 g/mol. The standard InChI is InChI=1S/C12H23NO3S/c1-2-3-4-5-6-7-8-13-11(14)9-17-10-12(15)16/h2-10H2,1H3,(H,13,14)(H,15,16). The molecule has 0 atom stereocenters. The highest BCUT2D eigenvalue weighted by Gasteiger charge is 2.03. The molecular formula is C12H23NO3S. The molecule has 0 aromatic rings. The zero-order valence-corrected chi connectivity index (χ0v) is 11.4. The monoisotopic (exact) mass is 261 g/mol. The van der Waals surface area contributed by atoms with Crippen LogP contribution < -0.4 is 5.32 Å². The predicted octanol–water partition coefficient (Wildman–Crippen LogP) is 2.28. The van der Waals surface area contributed by atoms with E-state index in [0.29, 0.717) is 6.54 Å². The number of amides is 1. The van der Waals surface area contributed by atoms with Gasteiger partial charge in [-0.05, 0) is 6.42 Å². The molecule has 0 aliphatic carbocycles. The zero-order chi connectivity index (χ0) is 12.9. The molecule has 0 saturated heterocycles. The van der Waals surface area contributed by atoms with Gasteiger partial charge in [0.05, 0.1) is 11.5 Å². The van der Waals surface area contributed by atoms with Gasteiger partial charge in [-0.1, -0.05) is 39.0 Å². The predicted molar refractivity (Wildman–Crippen MR) is 71.3 cm³/mol. The van der Waals surface area contributed by atoms with Gasteiger partial charge in [0, 0.05) is 6.54 Å². The normalized spacial score (nSPS) is 10.2. The molecule has 5 heteroatoms. The van der Waals surface area contributed by atoms with Crippen molar-refractivity contribution in [3.05, 3.63) is 0 Å². The number of aliphatic carboxylic acids is 1. The number of rotatable bonds is 11. The van der Waals surface area contributed by atoms with Gasteiger partial charge >= 0.3 is 5.97 Å². The Bertz CT molecular complexity index is 222. The van der Waals surface area contributed by atoms with E-state index in [-0.39, 0.29) is 17.4 Å². The fraction of sp³-hybridized carbons (Fsp3) is 0.833. The second-order valence-corrected chi connectivity index (χ2v) is 4.99. The lowest BCUT2D eigenvalue weighted by atomic mass is 10.1. The fourth-order valence-electron chi connectivity index (χ4n) is 1.42. The molecule has 1 amide bonds. The summed E-state index contributed by atoms with van der Waals surface area (Å²) in [5.74, 6) is -0.712. The second-order valence-electron chi connectivity index (χ2n) is 4.00. The van der Waals surface area contributed by atoms with E-state index < -0.39 is 5.97 Å². The van der Waals surface area contributed by atoms with Gasteiger partial charge in [0.1, 0.15) is 0 Å². The van der Waals surface area contributed by atoms with Crippen molar-refractivity contribution in [2.24, 2.45) is 0 Å². The zero-order valence-electron chi connectivity index (χ0n) is 10.5. The minimum atomic E-state index is -0.876. The molecule has 100 valence electrons. The third-order valence-corrected chi connectivity index (χ3v) is 3.23. The number of nitrogens with one attached hydrogen (secondary N) is 1. The van der Waals surface area contributed by atoms with Crippen molar-refractivity contribution in [1.29, 1.82) is 0 Å². The fourth-order valence-corrected chi connectivity index (χ4v) is 1.98. The maximum atomic E-state index is 11.2. The molecule has 0 aliphatic rings. The third kappa shape index (κ3) is 13.2. The highest BCUT2D eigenvalue weighted by Crippen LogP contribution is 2.04. The smallest absolute Gasteiger partial charge is 0.313 e. The minimum Gasteiger partial charge on any atom is -0.481 e. The summed E-state index contributed by atoms with van der Waals surface area (Å²) >= 11 is 1.13. The van der Waals surface area contributed by atoms with Crippen LogP contribution in [0.1, 0.15) is 45.4 Å². The molecule has 0 aromatic heterocycles. The van der Waals surface area contributed by atoms with Crippen LogP contribution in [0.2, 0.25) is 0 Å². The molecule has 0 aromatic carbocycles. The number of thioether (sulfide) groups is 1. The molecule has 0 saturated carbocycles. The van der Waals surface area contributed by atoms with Crippen LogP contribution in [0.25, 0.3) is 0 Å². The molecule has 0 fully saturated rings. The number of hydrogen-bond acceptors (Lipinski definition) is 3. The van der Waals surface area contributed by atoms with Gasteiger partial charge in [0.25, 0.3) is 0 Å². The summed E-state index contributed by atoms with van der Waals surface area (Å²) in [5, 5.41) is 11.2. The quantitative estimate of drug-likeness (QED) is 0.560. The van der Waals surface area contributed by atoms with Crippen molar-refractivity contribution in [2.75, 3.05) is 18.1 Å². The van der Waals surface area contributed by atoms with Crippen molar-refractivity contribution < 1.29 is 14.7 Å². The molecule has 0 radical (unpaired) electrons. The molecule has 0 unspecified atom stereocenters. The lowest BCUT2D eigenvalue weighted by Crippen LogP contribution is -2.26. The molecule has 0 spiro atoms. The van der Waals surface area contributed by atoms with E-state index in [1.165, 1.54) is 25.7 Å². The molecule has 4 nitrogen and oxygen atoms in total. The first kappa shape index (κ1) is 16.3. The Kier molecular flexibility index (Phi) is 11.3. The van der Waals surface area contributed by atoms with Crippen molar-refractivity contribution in [3.63, 3.8) is 0 Å². The van der Waals surface area contributed by atoms with Crippen LogP contribution in [-0.2, 0) is 9.59 Å². The van der Waals surface area contributed by atoms with Crippen LogP contribution in [0.5, 0.6) is 0 Å². The van der Waals surface area contributed by atoms with E-state index in [2.05, 4.69) is 12.2 Å². The average Bonchev–Trinajstić information content (AvgIpc) is 2.27. The highest BCUT2D eigenvalue weighted by atomic mass is 32.2. The van der Waals surface area contributed by atoms with Crippen molar-refractivity contribution in [1.82, 2.24) is 5.32 Å². The van der Waals surface area contributed by atoms with Crippen LogP contribution >= 0.6 is 11.8 Å². The van der Waals surface area contributed by atoms with Crippen molar-refractivity contribution >= 4 is 23.6 Å². The SMILES string of the molecule is CCCCCCCCNC(=O)CSCC(=O)O. The van der Waals surface area contributed by atoms with E-state index in [0.717, 1.165) is 24.6 Å². The average molecular weight is 261 g/mol. The first-order chi connectivity index (χ1) is 8.16. The summed E-state index contributed by atoms with van der Waals surface area (Å²) in [6.07, 6.45) is 7.22. The number of hydrogen-bond donors (Lipinski definition) is 2. The van der Waals surface area contributed by atoms with E-state index in [9.17, 15) is 9.59 Å². The van der Waals surface area contributed by atoms with Gasteiger partial charge in [-0.15, -0.1) is 11.8 Å². The van der Waals surface area contributed by atoms with Crippen LogP contribution in [0, 0.1) is 0 Å². The molecule has 0 heterocycles. The van der Waals surface area contributed by atoms with Crippen LogP contribution in [0.4, 0.5) is 0 Å². The van der Waals surface area contributed by atoms with E-state index in [1.807, 2.05) is 0 Å². The lowest BCUT2D eigenvalue weighted by molar-refractivity contribution is -0.133. The van der Waals surface area contributed by atoms with Gasteiger partial charge in [-0.2, -0.15) is 0 Å². The Labute approximate surface area is 108 Å². The number of carboxylic acid groups (broad SMARTS) is 1. The first-order valence-electron chi connectivity index (χ1n) is 6.23. The highest BCUT2D eigenvalue weighted by molar-refractivity contribution is 8.00. The van der Waals surface area contributed by atoms with Gasteiger partial charge < -0.3 is 10.4 Å². The summed E-state index contributed by atoms with van der Waals surface area (Å²) in [6, 6.07) is 0. The summed E-state index contributed by atoms with van der Waals surface area (Å²) in [4.78, 5) is 21.4. The Morgan fingerprint density at radius 3 is 2.35 bits per heavy atom. The van der Waals surface area contributed by atoms with Crippen molar-refractivity contribution in [2.45, 2.75) is 45.4 Å². The van der Waals surface area contributed by atoms with E-state index in [1.54, 1.807) is 0 Å². The van der Waals surface area contributed by atoms with Gasteiger partial charge in [-0.3, -0.25) is 9.59 Å². The molecule has 17 heavy (non-hydrogen) atoms.